The molecule has 7 nitrogen and oxygen atoms in total. The number of guanidine groups is 1. The summed E-state index contributed by atoms with van der Waals surface area (Å²) >= 11 is 1.70. The molecule has 3 rings (SSSR count). The van der Waals surface area contributed by atoms with Gasteiger partial charge in [0.1, 0.15) is 11.5 Å². The van der Waals surface area contributed by atoms with Crippen molar-refractivity contribution in [1.82, 2.24) is 15.6 Å². The van der Waals surface area contributed by atoms with Gasteiger partial charge in [-0.15, -0.1) is 11.3 Å². The average Bonchev–Trinajstić information content (AvgIpc) is 3.33. The number of benzene rings is 1. The van der Waals surface area contributed by atoms with Crippen molar-refractivity contribution in [3.8, 4) is 11.5 Å². The number of aromatic nitrogens is 1. The molecule has 1 saturated heterocycles. The molecule has 0 aliphatic carbocycles. The lowest BCUT2D eigenvalue weighted by Gasteiger charge is -2.21. The summed E-state index contributed by atoms with van der Waals surface area (Å²) in [6.45, 7) is 4.62. The van der Waals surface area contributed by atoms with Gasteiger partial charge in [0.05, 0.1) is 25.8 Å². The van der Waals surface area contributed by atoms with Crippen LogP contribution in [0.5, 0.6) is 11.5 Å². The first-order chi connectivity index (χ1) is 13.1. The van der Waals surface area contributed by atoms with Crippen LogP contribution in [-0.4, -0.2) is 51.3 Å². The van der Waals surface area contributed by atoms with E-state index in [1.807, 2.05) is 31.3 Å². The summed E-state index contributed by atoms with van der Waals surface area (Å²) in [7, 11) is 5.15. The van der Waals surface area contributed by atoms with Gasteiger partial charge in [0.15, 0.2) is 5.96 Å². The van der Waals surface area contributed by atoms with Crippen molar-refractivity contribution in [3.63, 3.8) is 0 Å². The van der Waals surface area contributed by atoms with E-state index in [1.165, 1.54) is 4.88 Å². The summed E-state index contributed by atoms with van der Waals surface area (Å²) in [6.07, 6.45) is 2.95. The quantitative estimate of drug-likeness (QED) is 0.584. The molecule has 0 spiro atoms. The molecule has 1 aromatic heterocycles. The Bertz CT molecular complexity index is 770. The van der Waals surface area contributed by atoms with Crippen LogP contribution in [0.1, 0.15) is 16.3 Å². The minimum absolute atomic E-state index is 0.330. The van der Waals surface area contributed by atoms with Crippen LogP contribution in [0.4, 0.5) is 5.69 Å². The Balaban J connectivity index is 1.57. The van der Waals surface area contributed by atoms with Gasteiger partial charge in [-0.2, -0.15) is 0 Å². The average molecular weight is 390 g/mol. The van der Waals surface area contributed by atoms with Crippen LogP contribution in [0.15, 0.2) is 29.4 Å². The van der Waals surface area contributed by atoms with Crippen molar-refractivity contribution in [2.75, 3.05) is 39.3 Å². The van der Waals surface area contributed by atoms with Gasteiger partial charge in [0, 0.05) is 61.1 Å². The molecular formula is C19H27N5O2S. The van der Waals surface area contributed by atoms with Crippen molar-refractivity contribution in [1.29, 1.82) is 0 Å². The fourth-order valence-electron chi connectivity index (χ4n) is 3.13. The molecule has 1 atom stereocenters. The number of hydrogen-bond acceptors (Lipinski definition) is 6. The van der Waals surface area contributed by atoms with Crippen LogP contribution in [0, 0.1) is 6.92 Å². The smallest absolute Gasteiger partial charge is 0.191 e. The number of aliphatic imine (C=N–C) groups is 1. The highest BCUT2D eigenvalue weighted by Gasteiger charge is 2.24. The van der Waals surface area contributed by atoms with Gasteiger partial charge in [-0.1, -0.05) is 0 Å². The molecular weight excluding hydrogens is 362 g/mol. The highest BCUT2D eigenvalue weighted by molar-refractivity contribution is 7.11. The maximum absolute atomic E-state index is 5.39. The number of rotatable bonds is 6. The molecule has 8 heteroatoms. The molecule has 146 valence electrons. The van der Waals surface area contributed by atoms with Crippen LogP contribution in [-0.2, 0) is 6.54 Å². The summed E-state index contributed by atoms with van der Waals surface area (Å²) in [5.41, 5.74) is 1.11. The SMILES string of the molecule is CN=C(NCc1cnc(C)s1)NC1CCN(c2cc(OC)cc(OC)c2)C1. The molecule has 0 bridgehead atoms. The molecule has 1 fully saturated rings. The molecule has 2 heterocycles. The van der Waals surface area contributed by atoms with Crippen LogP contribution >= 0.6 is 11.3 Å². The Kier molecular flexibility index (Phi) is 6.39. The van der Waals surface area contributed by atoms with E-state index in [0.29, 0.717) is 6.04 Å². The number of thiazole rings is 1. The predicted molar refractivity (Wildman–Crippen MR) is 110 cm³/mol. The summed E-state index contributed by atoms with van der Waals surface area (Å²) in [5, 5.41) is 7.96. The van der Waals surface area contributed by atoms with Gasteiger partial charge in [-0.25, -0.2) is 4.98 Å². The van der Waals surface area contributed by atoms with E-state index in [4.69, 9.17) is 9.47 Å². The summed E-state index contributed by atoms with van der Waals surface area (Å²) in [5.74, 6) is 2.42. The Morgan fingerprint density at radius 3 is 2.63 bits per heavy atom. The lowest BCUT2D eigenvalue weighted by atomic mass is 10.2. The fraction of sp³-hybridized carbons (Fsp3) is 0.474. The van der Waals surface area contributed by atoms with Gasteiger partial charge in [-0.3, -0.25) is 4.99 Å². The molecule has 0 radical (unpaired) electrons. The lowest BCUT2D eigenvalue weighted by molar-refractivity contribution is 0.394. The van der Waals surface area contributed by atoms with E-state index in [9.17, 15) is 0 Å². The topological polar surface area (TPSA) is 71.0 Å². The van der Waals surface area contributed by atoms with Crippen molar-refractivity contribution in [2.24, 2.45) is 4.99 Å². The van der Waals surface area contributed by atoms with Crippen molar-refractivity contribution >= 4 is 23.0 Å². The van der Waals surface area contributed by atoms with E-state index >= 15 is 0 Å². The van der Waals surface area contributed by atoms with Gasteiger partial charge < -0.3 is 25.0 Å². The van der Waals surface area contributed by atoms with Gasteiger partial charge in [0.2, 0.25) is 0 Å². The Labute approximate surface area is 164 Å². The molecule has 0 amide bonds. The summed E-state index contributed by atoms with van der Waals surface area (Å²) in [4.78, 5) is 12.2. The minimum Gasteiger partial charge on any atom is -0.497 e. The Morgan fingerprint density at radius 2 is 2.04 bits per heavy atom. The number of hydrogen-bond donors (Lipinski definition) is 2. The zero-order valence-corrected chi connectivity index (χ0v) is 17.1. The van der Waals surface area contributed by atoms with E-state index < -0.39 is 0 Å². The molecule has 1 aromatic carbocycles. The zero-order valence-electron chi connectivity index (χ0n) is 16.3. The third-order valence-corrected chi connectivity index (χ3v) is 5.47. The predicted octanol–water partition coefficient (Wildman–Crippen LogP) is 2.41. The van der Waals surface area contributed by atoms with E-state index in [0.717, 1.165) is 54.2 Å². The molecule has 27 heavy (non-hydrogen) atoms. The van der Waals surface area contributed by atoms with Gasteiger partial charge >= 0.3 is 0 Å². The van der Waals surface area contributed by atoms with Gasteiger partial charge in [0.25, 0.3) is 0 Å². The normalized spacial score (nSPS) is 17.1. The molecule has 0 saturated carbocycles. The highest BCUT2D eigenvalue weighted by Crippen LogP contribution is 2.30. The number of aryl methyl sites for hydroxylation is 1. The monoisotopic (exact) mass is 389 g/mol. The largest absolute Gasteiger partial charge is 0.497 e. The Morgan fingerprint density at radius 1 is 1.30 bits per heavy atom. The molecule has 2 N–H and O–H groups in total. The first-order valence-corrected chi connectivity index (χ1v) is 9.79. The van der Waals surface area contributed by atoms with E-state index in [1.54, 1.807) is 32.6 Å². The zero-order chi connectivity index (χ0) is 19.2. The Hall–Kier alpha value is -2.48. The first kappa shape index (κ1) is 19.3. The van der Waals surface area contributed by atoms with Crippen LogP contribution in [0.25, 0.3) is 0 Å². The highest BCUT2D eigenvalue weighted by atomic mass is 32.1. The van der Waals surface area contributed by atoms with Crippen LogP contribution < -0.4 is 25.0 Å². The third-order valence-electron chi connectivity index (χ3n) is 4.55. The number of nitrogens with zero attached hydrogens (tertiary/aromatic N) is 3. The minimum atomic E-state index is 0.330. The molecule has 1 aliphatic rings. The lowest BCUT2D eigenvalue weighted by Crippen LogP contribution is -2.44. The first-order valence-electron chi connectivity index (χ1n) is 8.97. The third kappa shape index (κ3) is 5.03. The second kappa shape index (κ2) is 8.94. The summed E-state index contributed by atoms with van der Waals surface area (Å²) < 4.78 is 10.8. The fourth-order valence-corrected chi connectivity index (χ4v) is 3.87. The van der Waals surface area contributed by atoms with Crippen LogP contribution in [0.2, 0.25) is 0 Å². The number of nitrogens with one attached hydrogen (secondary N) is 2. The second-order valence-corrected chi connectivity index (χ2v) is 7.74. The van der Waals surface area contributed by atoms with Crippen molar-refractivity contribution in [2.45, 2.75) is 25.9 Å². The van der Waals surface area contributed by atoms with Crippen molar-refractivity contribution in [3.05, 3.63) is 34.3 Å². The van der Waals surface area contributed by atoms with Crippen molar-refractivity contribution < 1.29 is 9.47 Å². The van der Waals surface area contributed by atoms with E-state index in [2.05, 4.69) is 25.5 Å². The maximum atomic E-state index is 5.39. The van der Waals surface area contributed by atoms with Gasteiger partial charge in [-0.05, 0) is 13.3 Å². The summed E-state index contributed by atoms with van der Waals surface area (Å²) in [6, 6.07) is 6.31. The van der Waals surface area contributed by atoms with Crippen LogP contribution in [0.3, 0.4) is 0 Å². The second-order valence-electron chi connectivity index (χ2n) is 6.42. The number of anilines is 1. The molecule has 1 unspecified atom stereocenters. The number of ether oxygens (including phenoxy) is 2. The molecule has 1 aliphatic heterocycles. The molecule has 2 aromatic rings. The van der Waals surface area contributed by atoms with E-state index in [-0.39, 0.29) is 0 Å². The standard InChI is InChI=1S/C19H27N5O2S/c1-13-21-10-18(27-13)11-22-19(20-2)23-14-5-6-24(12-14)15-7-16(25-3)9-17(8-15)26-4/h7-10,14H,5-6,11-12H2,1-4H3,(H2,20,22,23). The number of methoxy groups -OCH3 is 2. The maximum Gasteiger partial charge on any atom is 0.191 e.